The van der Waals surface area contributed by atoms with Gasteiger partial charge in [-0.25, -0.2) is 0 Å². The Bertz CT molecular complexity index is 684. The van der Waals surface area contributed by atoms with E-state index in [1.165, 1.54) is 7.11 Å². The number of ether oxygens (including phenoxy) is 3. The fraction of sp³-hybridized carbons (Fsp3) is 0.500. The van der Waals surface area contributed by atoms with Crippen LogP contribution in [-0.4, -0.2) is 38.0 Å². The fourth-order valence-corrected chi connectivity index (χ4v) is 3.55. The van der Waals surface area contributed by atoms with Crippen molar-refractivity contribution in [2.45, 2.75) is 26.7 Å². The van der Waals surface area contributed by atoms with Gasteiger partial charge >= 0.3 is 11.9 Å². The van der Waals surface area contributed by atoms with Crippen molar-refractivity contribution in [2.24, 2.45) is 11.8 Å². The molecule has 7 heteroatoms. The first-order valence-electron chi connectivity index (χ1n) is 8.15. The average Bonchev–Trinajstić information content (AvgIpc) is 2.74. The van der Waals surface area contributed by atoms with Crippen LogP contribution in [0, 0.1) is 11.8 Å². The minimum Gasteiger partial charge on any atom is -0.496 e. The molecule has 6 nitrogen and oxygen atoms in total. The van der Waals surface area contributed by atoms with E-state index in [0.29, 0.717) is 5.75 Å². The van der Waals surface area contributed by atoms with Crippen LogP contribution in [0.3, 0.4) is 0 Å². The monoisotopic (exact) mass is 412 g/mol. The molecule has 0 amide bonds. The van der Waals surface area contributed by atoms with E-state index in [1.807, 2.05) is 0 Å². The van der Waals surface area contributed by atoms with Crippen LogP contribution < -0.4 is 4.74 Å². The van der Waals surface area contributed by atoms with Crippen molar-refractivity contribution in [3.05, 3.63) is 27.7 Å². The fourth-order valence-electron chi connectivity index (χ4n) is 3.02. The zero-order chi connectivity index (χ0) is 18.6. The number of fused-ring (bicyclic) bond motifs is 1. The maximum absolute atomic E-state index is 12.9. The summed E-state index contributed by atoms with van der Waals surface area (Å²) in [5, 5.41) is 0. The highest BCUT2D eigenvalue weighted by atomic mass is 79.9. The Hall–Kier alpha value is -1.89. The first-order chi connectivity index (χ1) is 11.9. The summed E-state index contributed by atoms with van der Waals surface area (Å²) in [4.78, 5) is 37.6. The Kier molecular flexibility index (Phi) is 6.58. The molecule has 2 rings (SSSR count). The molecule has 0 saturated carbocycles. The van der Waals surface area contributed by atoms with Crippen molar-refractivity contribution in [3.63, 3.8) is 0 Å². The summed E-state index contributed by atoms with van der Waals surface area (Å²) in [6, 6.07) is 3.56. The number of halogens is 1. The summed E-state index contributed by atoms with van der Waals surface area (Å²) in [5.41, 5.74) is 1.51. The largest absolute Gasteiger partial charge is 0.496 e. The van der Waals surface area contributed by atoms with Crippen LogP contribution >= 0.6 is 15.9 Å². The molecule has 0 aromatic heterocycles. The van der Waals surface area contributed by atoms with Crippen LogP contribution in [0.2, 0.25) is 0 Å². The molecule has 0 N–H and O–H groups in total. The molecular formula is C18H21BrO6. The van der Waals surface area contributed by atoms with E-state index in [0.717, 1.165) is 15.6 Å². The summed E-state index contributed by atoms with van der Waals surface area (Å²) < 4.78 is 16.2. The molecule has 1 aromatic carbocycles. The summed E-state index contributed by atoms with van der Waals surface area (Å²) >= 11 is 3.47. The third-order valence-electron chi connectivity index (χ3n) is 4.20. The minimum atomic E-state index is -1.06. The smallest absolute Gasteiger partial charge is 0.316 e. The van der Waals surface area contributed by atoms with Crippen LogP contribution in [0.1, 0.15) is 25.0 Å². The number of hydrogen-bond acceptors (Lipinski definition) is 6. The second-order valence-corrected chi connectivity index (χ2v) is 6.48. The van der Waals surface area contributed by atoms with Crippen molar-refractivity contribution in [2.75, 3.05) is 20.3 Å². The van der Waals surface area contributed by atoms with E-state index in [4.69, 9.17) is 14.2 Å². The van der Waals surface area contributed by atoms with Gasteiger partial charge in [0.05, 0.1) is 20.3 Å². The quantitative estimate of drug-likeness (QED) is 0.419. The van der Waals surface area contributed by atoms with Crippen LogP contribution in [0.4, 0.5) is 0 Å². The van der Waals surface area contributed by atoms with Gasteiger partial charge in [0.15, 0.2) is 5.78 Å². The Morgan fingerprint density at radius 3 is 2.04 bits per heavy atom. The highest BCUT2D eigenvalue weighted by Gasteiger charge is 2.42. The summed E-state index contributed by atoms with van der Waals surface area (Å²) in [7, 11) is 1.53. The first-order valence-corrected chi connectivity index (χ1v) is 8.95. The third-order valence-corrected chi connectivity index (χ3v) is 4.94. The topological polar surface area (TPSA) is 78.9 Å². The molecule has 1 aliphatic rings. The minimum absolute atomic E-state index is 0.130. The number of carbonyl (C=O) groups is 3. The lowest BCUT2D eigenvalue weighted by atomic mass is 9.90. The SMILES string of the molecule is CCOC(=O)[C@H]1Cc2c(OC)ccc(Br)c2C[C@@H](C(=O)OCC)C1=O. The first kappa shape index (κ1) is 19.4. The van der Waals surface area contributed by atoms with Crippen molar-refractivity contribution in [3.8, 4) is 5.75 Å². The van der Waals surface area contributed by atoms with Gasteiger partial charge in [-0.1, -0.05) is 15.9 Å². The molecule has 0 fully saturated rings. The zero-order valence-corrected chi connectivity index (χ0v) is 16.1. The predicted molar refractivity (Wildman–Crippen MR) is 93.4 cm³/mol. The van der Waals surface area contributed by atoms with Crippen molar-refractivity contribution in [1.82, 2.24) is 0 Å². The third kappa shape index (κ3) is 4.03. The number of methoxy groups -OCH3 is 1. The lowest BCUT2D eigenvalue weighted by molar-refractivity contribution is -0.157. The van der Waals surface area contributed by atoms with Crippen LogP contribution in [0.15, 0.2) is 16.6 Å². The molecule has 0 unspecified atom stereocenters. The average molecular weight is 413 g/mol. The van der Waals surface area contributed by atoms with Crippen LogP contribution in [0.5, 0.6) is 5.75 Å². The van der Waals surface area contributed by atoms with E-state index in [9.17, 15) is 14.4 Å². The van der Waals surface area contributed by atoms with Gasteiger partial charge in [-0.05, 0) is 49.9 Å². The summed E-state index contributed by atoms with van der Waals surface area (Å²) in [5.74, 6) is -3.24. The van der Waals surface area contributed by atoms with E-state index in [2.05, 4.69) is 15.9 Å². The number of benzene rings is 1. The molecule has 0 saturated heterocycles. The van der Waals surface area contributed by atoms with Crippen LogP contribution in [-0.2, 0) is 36.7 Å². The van der Waals surface area contributed by atoms with Gasteiger partial charge in [-0.3, -0.25) is 14.4 Å². The predicted octanol–water partition coefficient (Wildman–Crippen LogP) is 2.48. The maximum atomic E-state index is 12.9. The van der Waals surface area contributed by atoms with Crippen molar-refractivity contribution in [1.29, 1.82) is 0 Å². The van der Waals surface area contributed by atoms with E-state index >= 15 is 0 Å². The van der Waals surface area contributed by atoms with Gasteiger partial charge < -0.3 is 14.2 Å². The highest BCUT2D eigenvalue weighted by Crippen LogP contribution is 2.37. The molecule has 1 aromatic rings. The molecule has 0 aliphatic heterocycles. The number of rotatable bonds is 5. The number of ketones is 1. The molecule has 136 valence electrons. The second kappa shape index (κ2) is 8.47. The Labute approximate surface area is 154 Å². The molecule has 0 radical (unpaired) electrons. The van der Waals surface area contributed by atoms with Gasteiger partial charge in [0.1, 0.15) is 17.6 Å². The maximum Gasteiger partial charge on any atom is 0.316 e. The molecule has 0 heterocycles. The molecule has 1 aliphatic carbocycles. The molecular weight excluding hydrogens is 392 g/mol. The van der Waals surface area contributed by atoms with E-state index in [1.54, 1.807) is 26.0 Å². The molecule has 0 bridgehead atoms. The molecule has 25 heavy (non-hydrogen) atoms. The zero-order valence-electron chi connectivity index (χ0n) is 14.5. The van der Waals surface area contributed by atoms with Crippen LogP contribution in [0.25, 0.3) is 0 Å². The number of hydrogen-bond donors (Lipinski definition) is 0. The van der Waals surface area contributed by atoms with Gasteiger partial charge in [0.25, 0.3) is 0 Å². The number of esters is 2. The van der Waals surface area contributed by atoms with Gasteiger partial charge in [0.2, 0.25) is 0 Å². The highest BCUT2D eigenvalue weighted by molar-refractivity contribution is 9.10. The summed E-state index contributed by atoms with van der Waals surface area (Å²) in [6.45, 7) is 3.68. The Morgan fingerprint density at radius 2 is 1.56 bits per heavy atom. The molecule has 2 atom stereocenters. The van der Waals surface area contributed by atoms with Crippen molar-refractivity contribution >= 4 is 33.7 Å². The van der Waals surface area contributed by atoms with Crippen molar-refractivity contribution < 1.29 is 28.6 Å². The van der Waals surface area contributed by atoms with Gasteiger partial charge in [-0.15, -0.1) is 0 Å². The van der Waals surface area contributed by atoms with E-state index in [-0.39, 0.29) is 26.1 Å². The number of carbonyl (C=O) groups excluding carboxylic acids is 3. The summed E-state index contributed by atoms with van der Waals surface area (Å²) in [6.07, 6.45) is 0.284. The lowest BCUT2D eigenvalue weighted by Crippen LogP contribution is -2.36. The number of Topliss-reactive ketones (excluding diaryl/α,β-unsaturated/α-hetero) is 1. The normalized spacial score (nSPS) is 19.6. The standard InChI is InChI=1S/C18H21BrO6/c1-4-24-17(21)12-8-10-11(15(23-3)7-6-14(10)19)9-13(16(12)20)18(22)25-5-2/h6-7,12-13H,4-5,8-9H2,1-3H3/t12-,13+/m1/s1. The van der Waals surface area contributed by atoms with Gasteiger partial charge in [-0.2, -0.15) is 0 Å². The second-order valence-electron chi connectivity index (χ2n) is 5.63. The Morgan fingerprint density at radius 1 is 1.04 bits per heavy atom. The van der Waals surface area contributed by atoms with Gasteiger partial charge in [0, 0.05) is 4.47 Å². The van der Waals surface area contributed by atoms with E-state index < -0.39 is 29.6 Å². The molecule has 0 spiro atoms. The lowest BCUT2D eigenvalue weighted by Gasteiger charge is -2.16. The Balaban J connectivity index is 2.55.